The number of thioether (sulfide) groups is 2. The topological polar surface area (TPSA) is 266 Å². The number of aliphatic hydroxyl groups excluding tert-OH is 1. The number of carbonyl (C=O) groups excluding carboxylic acids is 3. The average molecular weight is 706 g/mol. The third-order valence-corrected chi connectivity index (χ3v) is 10.5. The van der Waals surface area contributed by atoms with Crippen molar-refractivity contribution in [1.82, 2.24) is 40.2 Å². The lowest BCUT2D eigenvalue weighted by Gasteiger charge is -2.49. The first-order valence-corrected chi connectivity index (χ1v) is 16.8. The number of β-lactam (4-membered cyclic amide) rings is 1. The molecule has 2 aliphatic heterocycles. The van der Waals surface area contributed by atoms with E-state index in [9.17, 15) is 29.4 Å². The number of hydrazine groups is 1. The molecule has 3 amide bonds. The molecule has 0 radical (unpaired) electrons. The summed E-state index contributed by atoms with van der Waals surface area (Å²) < 4.78 is 1.51. The van der Waals surface area contributed by atoms with Gasteiger partial charge in [0, 0.05) is 28.1 Å². The van der Waals surface area contributed by atoms with Gasteiger partial charge in [-0.05, 0) is 40.2 Å². The number of anilines is 1. The molecule has 3 aromatic heterocycles. The number of rotatable bonds is 11. The van der Waals surface area contributed by atoms with Gasteiger partial charge in [0.1, 0.15) is 33.9 Å². The maximum atomic E-state index is 13.4. The number of aromatic nitrogens is 5. The van der Waals surface area contributed by atoms with Gasteiger partial charge in [-0.2, -0.15) is 9.50 Å². The molecular formula is C26H31N11O7S3. The summed E-state index contributed by atoms with van der Waals surface area (Å²) in [6.07, 6.45) is -0.909. The van der Waals surface area contributed by atoms with Crippen molar-refractivity contribution >= 4 is 75.2 Å². The van der Waals surface area contributed by atoms with Crippen molar-refractivity contribution in [2.45, 2.75) is 62.8 Å². The van der Waals surface area contributed by atoms with Crippen molar-refractivity contribution < 1.29 is 34.2 Å². The van der Waals surface area contributed by atoms with Crippen LogP contribution >= 0.6 is 34.9 Å². The minimum absolute atomic E-state index is 0.0445. The summed E-state index contributed by atoms with van der Waals surface area (Å²) in [5.74, 6) is 2.68. The molecule has 5 rings (SSSR count). The predicted molar refractivity (Wildman–Crippen MR) is 172 cm³/mol. The van der Waals surface area contributed by atoms with Gasteiger partial charge >= 0.3 is 5.97 Å². The normalized spacial score (nSPS) is 18.9. The van der Waals surface area contributed by atoms with Crippen LogP contribution in [0, 0.1) is 13.8 Å². The van der Waals surface area contributed by atoms with Gasteiger partial charge in [-0.3, -0.25) is 24.7 Å². The minimum Gasteiger partial charge on any atom is -0.477 e. The van der Waals surface area contributed by atoms with E-state index in [-0.39, 0.29) is 39.6 Å². The number of nitrogens with two attached hydrogens (primary N) is 2. The molecule has 0 aromatic carbocycles. The molecule has 8 N–H and O–H groups in total. The smallest absolute Gasteiger partial charge is 0.352 e. The molecule has 47 heavy (non-hydrogen) atoms. The zero-order chi connectivity index (χ0) is 34.4. The molecule has 21 heteroatoms. The zero-order valence-electron chi connectivity index (χ0n) is 25.7. The molecule has 0 bridgehead atoms. The number of thiazole rings is 1. The first kappa shape index (κ1) is 34.0. The fourth-order valence-electron chi connectivity index (χ4n) is 4.56. The Morgan fingerprint density at radius 1 is 1.28 bits per heavy atom. The van der Waals surface area contributed by atoms with Crippen molar-refractivity contribution in [2.24, 2.45) is 11.0 Å². The summed E-state index contributed by atoms with van der Waals surface area (Å²) >= 11 is 3.64. The highest BCUT2D eigenvalue weighted by atomic mass is 32.2. The summed E-state index contributed by atoms with van der Waals surface area (Å²) in [4.78, 5) is 70.6. The average Bonchev–Trinajstić information content (AvgIpc) is 3.65. The lowest BCUT2D eigenvalue weighted by molar-refractivity contribution is -0.150. The molecule has 2 unspecified atom stereocenters. The molecule has 1 fully saturated rings. The van der Waals surface area contributed by atoms with E-state index in [4.69, 9.17) is 16.4 Å². The molecule has 3 aromatic rings. The Hall–Kier alpha value is -4.31. The van der Waals surface area contributed by atoms with Gasteiger partial charge in [0.25, 0.3) is 23.5 Å². The van der Waals surface area contributed by atoms with Crippen LogP contribution in [0.3, 0.4) is 0 Å². The number of fused-ring (bicyclic) bond motifs is 2. The third-order valence-electron chi connectivity index (χ3n) is 7.25. The van der Waals surface area contributed by atoms with Crippen LogP contribution in [0.5, 0.6) is 0 Å². The maximum Gasteiger partial charge on any atom is 0.352 e. The first-order chi connectivity index (χ1) is 22.1. The van der Waals surface area contributed by atoms with E-state index in [2.05, 4.69) is 30.5 Å². The molecule has 0 saturated carbocycles. The highest BCUT2D eigenvalue weighted by molar-refractivity contribution is 8.01. The van der Waals surface area contributed by atoms with Crippen molar-refractivity contribution in [2.75, 3.05) is 17.2 Å². The van der Waals surface area contributed by atoms with Crippen molar-refractivity contribution in [3.8, 4) is 0 Å². The number of amides is 3. The van der Waals surface area contributed by atoms with Crippen LogP contribution < -0.4 is 22.3 Å². The number of oxime groups is 1. The van der Waals surface area contributed by atoms with E-state index in [1.54, 1.807) is 6.92 Å². The molecule has 250 valence electrons. The van der Waals surface area contributed by atoms with Gasteiger partial charge in [0.2, 0.25) is 5.60 Å². The van der Waals surface area contributed by atoms with E-state index in [0.29, 0.717) is 22.1 Å². The van der Waals surface area contributed by atoms with Crippen LogP contribution in [0.1, 0.15) is 49.7 Å². The summed E-state index contributed by atoms with van der Waals surface area (Å²) in [5.41, 5.74) is 7.65. The first-order valence-electron chi connectivity index (χ1n) is 13.9. The van der Waals surface area contributed by atoms with E-state index < -0.39 is 46.8 Å². The summed E-state index contributed by atoms with van der Waals surface area (Å²) in [5, 5.41) is 32.5. The van der Waals surface area contributed by atoms with Gasteiger partial charge in [-0.15, -0.1) is 40.0 Å². The van der Waals surface area contributed by atoms with Crippen LogP contribution in [0.15, 0.2) is 26.8 Å². The number of aryl methyl sites for hydroxylation is 1. The van der Waals surface area contributed by atoms with Crippen LogP contribution in [-0.2, 0) is 24.0 Å². The minimum atomic E-state index is -1.56. The number of aliphatic carboxylic acids is 1. The monoisotopic (exact) mass is 705 g/mol. The highest BCUT2D eigenvalue weighted by Crippen LogP contribution is 2.42. The van der Waals surface area contributed by atoms with Crippen molar-refractivity contribution in [3.63, 3.8) is 0 Å². The highest BCUT2D eigenvalue weighted by Gasteiger charge is 2.54. The number of carboxylic acids is 1. The van der Waals surface area contributed by atoms with E-state index in [0.717, 1.165) is 21.8 Å². The summed E-state index contributed by atoms with van der Waals surface area (Å²) in [6, 6.07) is -1.09. The maximum absolute atomic E-state index is 13.4. The van der Waals surface area contributed by atoms with Gasteiger partial charge < -0.3 is 26.1 Å². The molecule has 0 aliphatic carbocycles. The Balaban J connectivity index is 1.36. The molecule has 1 saturated heterocycles. The Bertz CT molecular complexity index is 1850. The third kappa shape index (κ3) is 6.48. The van der Waals surface area contributed by atoms with Gasteiger partial charge in [-0.25, -0.2) is 20.6 Å². The number of nitrogens with one attached hydrogen (secondary N) is 2. The van der Waals surface area contributed by atoms with Crippen LogP contribution in [0.25, 0.3) is 5.78 Å². The van der Waals surface area contributed by atoms with E-state index in [1.807, 2.05) is 19.3 Å². The van der Waals surface area contributed by atoms with Gasteiger partial charge in [-0.1, -0.05) is 5.16 Å². The largest absolute Gasteiger partial charge is 0.477 e. The number of hydrogen-bond donors (Lipinski definition) is 6. The second-order valence-electron chi connectivity index (χ2n) is 11.0. The molecule has 5 heterocycles. The Morgan fingerprint density at radius 2 is 2.00 bits per heavy atom. The van der Waals surface area contributed by atoms with Crippen LogP contribution in [0.2, 0.25) is 0 Å². The van der Waals surface area contributed by atoms with E-state index in [1.165, 1.54) is 47.3 Å². The van der Waals surface area contributed by atoms with Crippen LogP contribution in [0.4, 0.5) is 5.13 Å². The standard InChI is InChI=1S/C26H31N11O7S3/c1-9-10(2)29-25-32-17(11(3)38)34-37(25)20(9)45-6-12-7-46-21-15(19(40)36(21)16(12)22(41)42)31-18(39)14(13-8-47-24(27)30-13)35-44-26(4,5)23(43)33-28/h8,11,15,21,38H,6-7,28H2,1-5H3,(H2,27,30)(H,31,39)(H,33,43)(H,41,42)/t11?,15?,21-/m0/s1. The number of nitrogen functional groups attached to an aromatic ring is 1. The van der Waals surface area contributed by atoms with Crippen molar-refractivity contribution in [3.05, 3.63) is 39.4 Å². The number of hydrogen-bond acceptors (Lipinski definition) is 16. The van der Waals surface area contributed by atoms with Crippen molar-refractivity contribution in [1.29, 1.82) is 0 Å². The fraction of sp³-hybridized carbons (Fsp3) is 0.423. The number of carbonyl (C=O) groups is 4. The van der Waals surface area contributed by atoms with E-state index >= 15 is 0 Å². The molecule has 2 aliphatic rings. The fourth-order valence-corrected chi connectivity index (χ4v) is 7.74. The lowest BCUT2D eigenvalue weighted by Crippen LogP contribution is -2.71. The second kappa shape index (κ2) is 13.1. The quantitative estimate of drug-likeness (QED) is 0.0288. The van der Waals surface area contributed by atoms with Gasteiger partial charge in [0.15, 0.2) is 16.7 Å². The second-order valence-corrected chi connectivity index (χ2v) is 13.9. The molecule has 0 spiro atoms. The lowest BCUT2D eigenvalue weighted by atomic mass is 10.0. The zero-order valence-corrected chi connectivity index (χ0v) is 28.1. The Labute approximate surface area is 279 Å². The Morgan fingerprint density at radius 3 is 2.62 bits per heavy atom. The van der Waals surface area contributed by atoms with Crippen LogP contribution in [-0.4, -0.2) is 97.6 Å². The summed E-state index contributed by atoms with van der Waals surface area (Å²) in [7, 11) is 0. The SMILES string of the molecule is Cc1nc2nc(C(C)O)nn2c(SCC2=C(C(=O)O)N3C(=O)C(NC(=O)C(=NOC(C)(C)C(=O)NN)c4csc(N)n4)[C@@H]3SC2)c1C. The summed E-state index contributed by atoms with van der Waals surface area (Å²) in [6.45, 7) is 7.97. The Kier molecular flexibility index (Phi) is 9.46. The van der Waals surface area contributed by atoms with Gasteiger partial charge in [0.05, 0.1) is 0 Å². The number of carboxylic acid groups (broad SMARTS) is 1. The molecule has 3 atom stereocenters. The number of nitrogens with zero attached hydrogens (tertiary/aromatic N) is 7. The molecular weight excluding hydrogens is 675 g/mol. The number of aliphatic hydroxyl groups is 1. The molecule has 18 nitrogen and oxygen atoms in total. The predicted octanol–water partition coefficient (Wildman–Crippen LogP) is -0.147.